The summed E-state index contributed by atoms with van der Waals surface area (Å²) in [6.45, 7) is 3.95. The van der Waals surface area contributed by atoms with Crippen molar-refractivity contribution < 1.29 is 4.74 Å². The smallest absolute Gasteiger partial charge is 0.120 e. The monoisotopic (exact) mass is 348 g/mol. The van der Waals surface area contributed by atoms with Gasteiger partial charge in [-0.05, 0) is 23.8 Å². The molecule has 0 aliphatic carbocycles. The van der Waals surface area contributed by atoms with Gasteiger partial charge in [-0.15, -0.1) is 0 Å². The summed E-state index contributed by atoms with van der Waals surface area (Å²) in [7, 11) is 0. The maximum absolute atomic E-state index is 5.79. The van der Waals surface area contributed by atoms with Crippen LogP contribution in [0.25, 0.3) is 0 Å². The molecule has 0 saturated carbocycles. The largest absolute Gasteiger partial charge is 0.492 e. The fourth-order valence-electron chi connectivity index (χ4n) is 2.14. The highest BCUT2D eigenvalue weighted by atomic mass is 79.9. The van der Waals surface area contributed by atoms with Gasteiger partial charge in [0.2, 0.25) is 0 Å². The molecule has 0 fully saturated rings. The van der Waals surface area contributed by atoms with Crippen LogP contribution in [0.15, 0.2) is 59.1 Å². The zero-order chi connectivity index (χ0) is 14.9. The van der Waals surface area contributed by atoms with Crippen LogP contribution in [0.4, 0.5) is 0 Å². The third-order valence-corrected chi connectivity index (χ3v) is 3.66. The molecule has 0 aromatic heterocycles. The van der Waals surface area contributed by atoms with E-state index in [0.29, 0.717) is 13.2 Å². The van der Waals surface area contributed by atoms with Gasteiger partial charge in [-0.25, -0.2) is 0 Å². The Morgan fingerprint density at radius 3 is 2.52 bits per heavy atom. The number of ether oxygens (including phenoxy) is 1. The van der Waals surface area contributed by atoms with E-state index in [1.807, 2.05) is 30.3 Å². The standard InChI is InChI=1S/C17H21BrN2O/c18-16-7-4-8-17(13-16)21-12-11-20(10-9-19)14-15-5-2-1-3-6-15/h1-8,13H,9-12,14,19H2. The lowest BCUT2D eigenvalue weighted by molar-refractivity contribution is 0.206. The first kappa shape index (κ1) is 16.0. The van der Waals surface area contributed by atoms with Crippen molar-refractivity contribution in [2.75, 3.05) is 26.2 Å². The Hall–Kier alpha value is -1.36. The fraction of sp³-hybridized carbons (Fsp3) is 0.294. The van der Waals surface area contributed by atoms with E-state index < -0.39 is 0 Å². The molecule has 0 aliphatic heterocycles. The summed E-state index contributed by atoms with van der Waals surface area (Å²) in [5.41, 5.74) is 7.00. The first-order valence-corrected chi connectivity index (χ1v) is 7.92. The van der Waals surface area contributed by atoms with E-state index in [0.717, 1.165) is 29.9 Å². The zero-order valence-electron chi connectivity index (χ0n) is 12.0. The highest BCUT2D eigenvalue weighted by molar-refractivity contribution is 9.10. The van der Waals surface area contributed by atoms with Crippen LogP contribution in [0, 0.1) is 0 Å². The molecule has 2 aromatic rings. The highest BCUT2D eigenvalue weighted by Gasteiger charge is 2.05. The van der Waals surface area contributed by atoms with Crippen LogP contribution >= 0.6 is 15.9 Å². The molecule has 0 heterocycles. The van der Waals surface area contributed by atoms with Crippen LogP contribution in [0.1, 0.15) is 5.56 Å². The molecule has 0 saturated heterocycles. The lowest BCUT2D eigenvalue weighted by Gasteiger charge is -2.21. The van der Waals surface area contributed by atoms with Crippen molar-refractivity contribution in [2.45, 2.75) is 6.54 Å². The number of halogens is 1. The molecule has 0 radical (unpaired) electrons. The molecule has 0 atom stereocenters. The molecule has 112 valence electrons. The Labute approximate surface area is 134 Å². The van der Waals surface area contributed by atoms with Crippen LogP contribution < -0.4 is 10.5 Å². The van der Waals surface area contributed by atoms with E-state index in [4.69, 9.17) is 10.5 Å². The van der Waals surface area contributed by atoms with Gasteiger partial charge < -0.3 is 10.5 Å². The minimum absolute atomic E-state index is 0.656. The van der Waals surface area contributed by atoms with E-state index >= 15 is 0 Å². The molecule has 2 N–H and O–H groups in total. The lowest BCUT2D eigenvalue weighted by atomic mass is 10.2. The van der Waals surface area contributed by atoms with Crippen LogP contribution in [0.5, 0.6) is 5.75 Å². The van der Waals surface area contributed by atoms with Gasteiger partial charge >= 0.3 is 0 Å². The average Bonchev–Trinajstić information content (AvgIpc) is 2.48. The Balaban J connectivity index is 1.82. The van der Waals surface area contributed by atoms with E-state index in [-0.39, 0.29) is 0 Å². The van der Waals surface area contributed by atoms with Gasteiger partial charge in [0.25, 0.3) is 0 Å². The minimum atomic E-state index is 0.656. The van der Waals surface area contributed by atoms with Gasteiger partial charge in [0.15, 0.2) is 0 Å². The number of benzene rings is 2. The molecule has 21 heavy (non-hydrogen) atoms. The molecule has 3 nitrogen and oxygen atoms in total. The molecule has 2 rings (SSSR count). The Morgan fingerprint density at radius 1 is 1.00 bits per heavy atom. The van der Waals surface area contributed by atoms with E-state index in [9.17, 15) is 0 Å². The maximum atomic E-state index is 5.79. The van der Waals surface area contributed by atoms with Crippen molar-refractivity contribution in [1.82, 2.24) is 4.90 Å². The van der Waals surface area contributed by atoms with Crippen molar-refractivity contribution >= 4 is 15.9 Å². The van der Waals surface area contributed by atoms with Crippen molar-refractivity contribution in [1.29, 1.82) is 0 Å². The average molecular weight is 349 g/mol. The molecular weight excluding hydrogens is 328 g/mol. The predicted molar refractivity (Wildman–Crippen MR) is 90.4 cm³/mol. The molecule has 0 amide bonds. The molecule has 0 bridgehead atoms. The van der Waals surface area contributed by atoms with Crippen LogP contribution in [-0.2, 0) is 6.54 Å². The van der Waals surface area contributed by atoms with E-state index in [1.165, 1.54) is 5.56 Å². The minimum Gasteiger partial charge on any atom is -0.492 e. The Bertz CT molecular complexity index is 533. The summed E-state index contributed by atoms with van der Waals surface area (Å²) in [4.78, 5) is 2.31. The molecule has 0 aliphatic rings. The first-order valence-electron chi connectivity index (χ1n) is 7.12. The number of hydrogen-bond acceptors (Lipinski definition) is 3. The second-order valence-corrected chi connectivity index (χ2v) is 5.77. The summed E-state index contributed by atoms with van der Waals surface area (Å²) in [6, 6.07) is 18.3. The third kappa shape index (κ3) is 5.87. The summed E-state index contributed by atoms with van der Waals surface area (Å²) in [5.74, 6) is 0.886. The first-order chi connectivity index (χ1) is 10.3. The van der Waals surface area contributed by atoms with Crippen molar-refractivity contribution in [3.8, 4) is 5.75 Å². The predicted octanol–water partition coefficient (Wildman–Crippen LogP) is 3.29. The van der Waals surface area contributed by atoms with E-state index in [1.54, 1.807) is 0 Å². The number of nitrogens with zero attached hydrogens (tertiary/aromatic N) is 1. The van der Waals surface area contributed by atoms with Crippen molar-refractivity contribution in [2.24, 2.45) is 5.73 Å². The van der Waals surface area contributed by atoms with Gasteiger partial charge in [0.05, 0.1) is 0 Å². The van der Waals surface area contributed by atoms with Crippen LogP contribution in [0.2, 0.25) is 0 Å². The summed E-state index contributed by atoms with van der Waals surface area (Å²) >= 11 is 3.45. The topological polar surface area (TPSA) is 38.5 Å². The van der Waals surface area contributed by atoms with Gasteiger partial charge in [-0.1, -0.05) is 52.3 Å². The fourth-order valence-corrected chi connectivity index (χ4v) is 2.52. The molecule has 0 spiro atoms. The summed E-state index contributed by atoms with van der Waals surface area (Å²) in [6.07, 6.45) is 0. The van der Waals surface area contributed by atoms with Gasteiger partial charge in [-0.2, -0.15) is 0 Å². The Morgan fingerprint density at radius 2 is 1.81 bits per heavy atom. The number of rotatable bonds is 8. The summed E-state index contributed by atoms with van der Waals surface area (Å²) in [5, 5.41) is 0. The van der Waals surface area contributed by atoms with Gasteiger partial charge in [-0.3, -0.25) is 4.90 Å². The quantitative estimate of drug-likeness (QED) is 0.795. The van der Waals surface area contributed by atoms with Crippen LogP contribution in [-0.4, -0.2) is 31.1 Å². The third-order valence-electron chi connectivity index (χ3n) is 3.17. The second-order valence-electron chi connectivity index (χ2n) is 4.86. The van der Waals surface area contributed by atoms with Crippen LogP contribution in [0.3, 0.4) is 0 Å². The van der Waals surface area contributed by atoms with Crippen molar-refractivity contribution in [3.05, 3.63) is 64.6 Å². The number of nitrogens with two attached hydrogens (primary N) is 1. The molecule has 4 heteroatoms. The zero-order valence-corrected chi connectivity index (χ0v) is 13.6. The molecule has 2 aromatic carbocycles. The Kier molecular flexibility index (Phi) is 6.73. The van der Waals surface area contributed by atoms with Gasteiger partial charge in [0.1, 0.15) is 12.4 Å². The maximum Gasteiger partial charge on any atom is 0.120 e. The summed E-state index contributed by atoms with van der Waals surface area (Å²) < 4.78 is 6.82. The molecule has 0 unspecified atom stereocenters. The lowest BCUT2D eigenvalue weighted by Crippen LogP contribution is -2.32. The van der Waals surface area contributed by atoms with Crippen molar-refractivity contribution in [3.63, 3.8) is 0 Å². The molecular formula is C17H21BrN2O. The SMILES string of the molecule is NCCN(CCOc1cccc(Br)c1)Cc1ccccc1. The number of hydrogen-bond donors (Lipinski definition) is 1. The van der Waals surface area contributed by atoms with Gasteiger partial charge in [0, 0.05) is 30.7 Å². The van der Waals surface area contributed by atoms with E-state index in [2.05, 4.69) is 45.1 Å². The highest BCUT2D eigenvalue weighted by Crippen LogP contribution is 2.17. The normalized spacial score (nSPS) is 10.8. The second kappa shape index (κ2) is 8.82.